The van der Waals surface area contributed by atoms with Crippen LogP contribution < -0.4 is 10.2 Å². The van der Waals surface area contributed by atoms with E-state index in [-0.39, 0.29) is 10.6 Å². The third-order valence-electron chi connectivity index (χ3n) is 4.03. The first-order valence-corrected chi connectivity index (χ1v) is 7.33. The highest BCUT2D eigenvalue weighted by molar-refractivity contribution is 5.67. The molecule has 0 aliphatic carbocycles. The number of benzene rings is 1. The zero-order chi connectivity index (χ0) is 14.5. The van der Waals surface area contributed by atoms with Crippen molar-refractivity contribution in [1.29, 1.82) is 0 Å². The number of hydrogen-bond donors (Lipinski definition) is 1. The lowest BCUT2D eigenvalue weighted by atomic mass is 9.95. The van der Waals surface area contributed by atoms with E-state index in [9.17, 15) is 10.1 Å². The lowest BCUT2D eigenvalue weighted by Crippen LogP contribution is -2.37. The number of para-hydroxylation sites is 1. The molecule has 1 aliphatic rings. The maximum atomic E-state index is 11.2. The van der Waals surface area contributed by atoms with Crippen molar-refractivity contribution in [3.8, 4) is 0 Å². The molecule has 1 heterocycles. The van der Waals surface area contributed by atoms with Crippen molar-refractivity contribution in [2.75, 3.05) is 31.1 Å². The van der Waals surface area contributed by atoms with Crippen molar-refractivity contribution in [3.05, 3.63) is 33.9 Å². The first-order chi connectivity index (χ1) is 9.63. The Morgan fingerprint density at radius 2 is 2.10 bits per heavy atom. The molecule has 0 spiro atoms. The van der Waals surface area contributed by atoms with E-state index in [0.717, 1.165) is 50.3 Å². The first kappa shape index (κ1) is 14.8. The van der Waals surface area contributed by atoms with Gasteiger partial charge < -0.3 is 10.2 Å². The highest BCUT2D eigenvalue weighted by atomic mass is 16.6. The third kappa shape index (κ3) is 3.28. The molecule has 1 aromatic rings. The van der Waals surface area contributed by atoms with Gasteiger partial charge in [0, 0.05) is 19.2 Å². The summed E-state index contributed by atoms with van der Waals surface area (Å²) >= 11 is 0. The van der Waals surface area contributed by atoms with Crippen LogP contribution in [0.15, 0.2) is 18.2 Å². The molecule has 0 saturated carbocycles. The topological polar surface area (TPSA) is 58.4 Å². The van der Waals surface area contributed by atoms with E-state index in [0.29, 0.717) is 5.92 Å². The summed E-state index contributed by atoms with van der Waals surface area (Å²) < 4.78 is 0. The van der Waals surface area contributed by atoms with Crippen molar-refractivity contribution in [1.82, 2.24) is 5.32 Å². The minimum Gasteiger partial charge on any atom is -0.366 e. The number of nitro groups is 1. The minimum absolute atomic E-state index is 0.232. The van der Waals surface area contributed by atoms with E-state index in [1.165, 1.54) is 0 Å². The summed E-state index contributed by atoms with van der Waals surface area (Å²) in [5.74, 6) is 0.689. The van der Waals surface area contributed by atoms with Gasteiger partial charge in [-0.05, 0) is 44.3 Å². The van der Waals surface area contributed by atoms with Crippen LogP contribution in [0.2, 0.25) is 0 Å². The Balaban J connectivity index is 2.09. The summed E-state index contributed by atoms with van der Waals surface area (Å²) in [4.78, 5) is 13.1. The lowest BCUT2D eigenvalue weighted by Gasteiger charge is -2.34. The first-order valence-electron chi connectivity index (χ1n) is 7.33. The van der Waals surface area contributed by atoms with E-state index in [1.807, 2.05) is 13.0 Å². The van der Waals surface area contributed by atoms with Crippen LogP contribution in [0.4, 0.5) is 11.4 Å². The number of nitrogens with one attached hydrogen (secondary N) is 1. The summed E-state index contributed by atoms with van der Waals surface area (Å²) in [6, 6.07) is 5.31. The highest BCUT2D eigenvalue weighted by Crippen LogP contribution is 2.34. The number of hydrogen-bond acceptors (Lipinski definition) is 4. The van der Waals surface area contributed by atoms with Crippen LogP contribution >= 0.6 is 0 Å². The summed E-state index contributed by atoms with van der Waals surface area (Å²) in [5, 5.41) is 14.6. The fourth-order valence-corrected chi connectivity index (χ4v) is 2.91. The van der Waals surface area contributed by atoms with Gasteiger partial charge in [0.05, 0.1) is 4.92 Å². The van der Waals surface area contributed by atoms with Gasteiger partial charge in [-0.1, -0.05) is 19.1 Å². The quantitative estimate of drug-likeness (QED) is 0.664. The molecule has 1 N–H and O–H groups in total. The molecule has 5 nitrogen and oxygen atoms in total. The van der Waals surface area contributed by atoms with Gasteiger partial charge in [-0.2, -0.15) is 0 Å². The van der Waals surface area contributed by atoms with Crippen molar-refractivity contribution < 1.29 is 4.92 Å². The van der Waals surface area contributed by atoms with Gasteiger partial charge in [-0.25, -0.2) is 0 Å². The number of aryl methyl sites for hydroxylation is 1. The van der Waals surface area contributed by atoms with Gasteiger partial charge in [0.1, 0.15) is 5.69 Å². The summed E-state index contributed by atoms with van der Waals surface area (Å²) in [6.07, 6.45) is 2.19. The third-order valence-corrected chi connectivity index (χ3v) is 4.03. The zero-order valence-corrected chi connectivity index (χ0v) is 12.3. The SMILES string of the molecule is CCNCC1CCN(c2c(C)cccc2[N+](=O)[O-])CC1. The Morgan fingerprint density at radius 1 is 1.40 bits per heavy atom. The standard InChI is InChI=1S/C15H23N3O2/c1-3-16-11-13-7-9-17(10-8-13)15-12(2)5-4-6-14(15)18(19)20/h4-6,13,16H,3,7-11H2,1-2H3. The fraction of sp³-hybridized carbons (Fsp3) is 0.600. The Hall–Kier alpha value is -1.62. The van der Waals surface area contributed by atoms with Gasteiger partial charge in [-0.3, -0.25) is 10.1 Å². The molecule has 0 bridgehead atoms. The molecule has 2 rings (SSSR count). The van der Waals surface area contributed by atoms with Crippen LogP contribution in [0.5, 0.6) is 0 Å². The van der Waals surface area contributed by atoms with Gasteiger partial charge in [0.15, 0.2) is 0 Å². The summed E-state index contributed by atoms with van der Waals surface area (Å²) in [7, 11) is 0. The van der Waals surface area contributed by atoms with Crippen LogP contribution in [-0.4, -0.2) is 31.1 Å². The van der Waals surface area contributed by atoms with Crippen LogP contribution in [0, 0.1) is 23.0 Å². The zero-order valence-electron chi connectivity index (χ0n) is 12.3. The molecule has 1 aromatic carbocycles. The second kappa shape index (κ2) is 6.70. The van der Waals surface area contributed by atoms with E-state index in [1.54, 1.807) is 12.1 Å². The molecule has 1 fully saturated rings. The molecule has 1 saturated heterocycles. The largest absolute Gasteiger partial charge is 0.366 e. The normalized spacial score (nSPS) is 16.4. The molecular formula is C15H23N3O2. The number of anilines is 1. The van der Waals surface area contributed by atoms with Crippen molar-refractivity contribution >= 4 is 11.4 Å². The summed E-state index contributed by atoms with van der Waals surface area (Å²) in [6.45, 7) is 7.94. The maximum Gasteiger partial charge on any atom is 0.292 e. The second-order valence-corrected chi connectivity index (χ2v) is 5.44. The molecule has 5 heteroatoms. The van der Waals surface area contributed by atoms with Crippen molar-refractivity contribution in [2.24, 2.45) is 5.92 Å². The Morgan fingerprint density at radius 3 is 2.70 bits per heavy atom. The van der Waals surface area contributed by atoms with E-state index < -0.39 is 0 Å². The number of nitro benzene ring substituents is 1. The van der Waals surface area contributed by atoms with Crippen molar-refractivity contribution in [2.45, 2.75) is 26.7 Å². The average molecular weight is 277 g/mol. The molecule has 0 aromatic heterocycles. The predicted octanol–water partition coefficient (Wildman–Crippen LogP) is 2.73. The fourth-order valence-electron chi connectivity index (χ4n) is 2.91. The van der Waals surface area contributed by atoms with E-state index in [4.69, 9.17) is 0 Å². The molecule has 0 amide bonds. The van der Waals surface area contributed by atoms with Gasteiger partial charge in [-0.15, -0.1) is 0 Å². The number of rotatable bonds is 5. The van der Waals surface area contributed by atoms with Crippen LogP contribution in [0.1, 0.15) is 25.3 Å². The maximum absolute atomic E-state index is 11.2. The lowest BCUT2D eigenvalue weighted by molar-refractivity contribution is -0.384. The predicted molar refractivity (Wildman–Crippen MR) is 81.3 cm³/mol. The average Bonchev–Trinajstić information content (AvgIpc) is 2.45. The van der Waals surface area contributed by atoms with Gasteiger partial charge in [0.25, 0.3) is 5.69 Å². The molecule has 0 unspecified atom stereocenters. The molecular weight excluding hydrogens is 254 g/mol. The second-order valence-electron chi connectivity index (χ2n) is 5.44. The van der Waals surface area contributed by atoms with Gasteiger partial charge in [0.2, 0.25) is 0 Å². The van der Waals surface area contributed by atoms with Crippen LogP contribution in [-0.2, 0) is 0 Å². The monoisotopic (exact) mass is 277 g/mol. The molecule has 0 radical (unpaired) electrons. The van der Waals surface area contributed by atoms with Gasteiger partial charge >= 0.3 is 0 Å². The molecule has 0 atom stereocenters. The molecule has 1 aliphatic heterocycles. The summed E-state index contributed by atoms with van der Waals surface area (Å²) in [5.41, 5.74) is 2.03. The van der Waals surface area contributed by atoms with E-state index in [2.05, 4.69) is 17.1 Å². The Labute approximate surface area is 120 Å². The minimum atomic E-state index is -0.271. The Bertz CT molecular complexity index is 468. The highest BCUT2D eigenvalue weighted by Gasteiger charge is 2.25. The number of piperidine rings is 1. The smallest absolute Gasteiger partial charge is 0.292 e. The van der Waals surface area contributed by atoms with Crippen molar-refractivity contribution in [3.63, 3.8) is 0 Å². The van der Waals surface area contributed by atoms with E-state index >= 15 is 0 Å². The van der Waals surface area contributed by atoms with Crippen LogP contribution in [0.25, 0.3) is 0 Å². The van der Waals surface area contributed by atoms with Crippen LogP contribution in [0.3, 0.4) is 0 Å². The molecule has 110 valence electrons. The molecule has 20 heavy (non-hydrogen) atoms. The Kier molecular flexibility index (Phi) is 4.95. The number of nitrogens with zero attached hydrogens (tertiary/aromatic N) is 2.